The van der Waals surface area contributed by atoms with Gasteiger partial charge in [-0.25, -0.2) is 0 Å². The lowest BCUT2D eigenvalue weighted by Gasteiger charge is -2.35. The maximum atomic E-state index is 12.8. The van der Waals surface area contributed by atoms with Crippen molar-refractivity contribution < 1.29 is 67.7 Å². The minimum Gasteiger partial charge on any atom is -0.481 e. The van der Waals surface area contributed by atoms with Crippen LogP contribution in [0.1, 0.15) is 44.9 Å². The summed E-state index contributed by atoms with van der Waals surface area (Å²) in [5, 5.41) is 29.3. The quantitative estimate of drug-likeness (QED) is 0.0884. The smallest absolute Gasteiger partial charge is 0.307 e. The maximum Gasteiger partial charge on any atom is 0.307 e. The van der Waals surface area contributed by atoms with E-state index in [2.05, 4.69) is 10.1 Å². The number of ether oxygens (including phenoxy) is 6. The highest BCUT2D eigenvalue weighted by Gasteiger charge is 2.35. The molecular weight excluding hydrogens is 526 g/mol. The summed E-state index contributed by atoms with van der Waals surface area (Å²) in [5.41, 5.74) is -1.33. The third kappa shape index (κ3) is 16.7. The van der Waals surface area contributed by atoms with Crippen LogP contribution in [0.3, 0.4) is 0 Å². The monoisotopic (exact) mass is 565 g/mol. The van der Waals surface area contributed by atoms with Crippen LogP contribution in [0.2, 0.25) is 0 Å². The number of carbonyl (C=O) groups is 5. The highest BCUT2D eigenvalue weighted by Crippen LogP contribution is 2.26. The molecule has 1 rings (SSSR count). The number of hydrogen-bond acceptors (Lipinski definition) is 11. The van der Waals surface area contributed by atoms with Gasteiger partial charge in [0.2, 0.25) is 5.91 Å². The molecule has 15 heteroatoms. The van der Waals surface area contributed by atoms with Gasteiger partial charge in [0, 0.05) is 6.42 Å². The van der Waals surface area contributed by atoms with Crippen LogP contribution in [-0.4, -0.2) is 123 Å². The number of aliphatic carboxylic acids is 3. The Balaban J connectivity index is 2.61. The van der Waals surface area contributed by atoms with Crippen LogP contribution in [0.4, 0.5) is 0 Å². The average molecular weight is 566 g/mol. The molecule has 0 aromatic heterocycles. The highest BCUT2D eigenvalue weighted by atomic mass is 16.5. The molecule has 0 atom stereocenters. The molecule has 0 aliphatic heterocycles. The second-order valence-corrected chi connectivity index (χ2v) is 8.95. The van der Waals surface area contributed by atoms with Gasteiger partial charge in [0.05, 0.1) is 97.9 Å². The van der Waals surface area contributed by atoms with E-state index < -0.39 is 29.4 Å². The molecule has 0 bridgehead atoms. The number of rotatable bonds is 24. The number of methoxy groups -OCH3 is 1. The van der Waals surface area contributed by atoms with Crippen molar-refractivity contribution in [1.29, 1.82) is 0 Å². The first-order valence-corrected chi connectivity index (χ1v) is 12.5. The van der Waals surface area contributed by atoms with E-state index in [1.54, 1.807) is 0 Å². The Labute approximate surface area is 226 Å². The Hall–Kier alpha value is -2.85. The van der Waals surface area contributed by atoms with Crippen molar-refractivity contribution in [3.05, 3.63) is 0 Å². The molecule has 1 aliphatic carbocycles. The molecule has 0 radical (unpaired) electrons. The zero-order chi connectivity index (χ0) is 29.1. The molecule has 0 aromatic carbocycles. The number of nitrogens with one attached hydrogen (secondary N) is 1. The van der Waals surface area contributed by atoms with E-state index in [1.165, 1.54) is 7.11 Å². The van der Waals surface area contributed by atoms with Crippen molar-refractivity contribution in [1.82, 2.24) is 5.32 Å². The summed E-state index contributed by atoms with van der Waals surface area (Å²) in [5.74, 6) is -4.04. The predicted octanol–water partition coefficient (Wildman–Crippen LogP) is -0.167. The topological polar surface area (TPSA) is 213 Å². The molecule has 15 nitrogen and oxygen atoms in total. The lowest BCUT2D eigenvalue weighted by atomic mass is 9.92. The lowest BCUT2D eigenvalue weighted by Crippen LogP contribution is -2.59. The van der Waals surface area contributed by atoms with Gasteiger partial charge in [0.15, 0.2) is 0 Å². The molecule has 39 heavy (non-hydrogen) atoms. The molecule has 1 fully saturated rings. The van der Waals surface area contributed by atoms with E-state index in [0.29, 0.717) is 12.8 Å². The largest absolute Gasteiger partial charge is 0.481 e. The Morgan fingerprint density at radius 1 is 0.667 bits per heavy atom. The summed E-state index contributed by atoms with van der Waals surface area (Å²) >= 11 is 0. The first kappa shape index (κ1) is 34.2. The van der Waals surface area contributed by atoms with Gasteiger partial charge in [-0.15, -0.1) is 0 Å². The average Bonchev–Trinajstić information content (AvgIpc) is 2.84. The molecule has 0 heterocycles. The van der Waals surface area contributed by atoms with Gasteiger partial charge in [-0.1, -0.05) is 0 Å². The van der Waals surface area contributed by atoms with Gasteiger partial charge in [0.1, 0.15) is 5.54 Å². The van der Waals surface area contributed by atoms with Gasteiger partial charge in [-0.2, -0.15) is 0 Å². The van der Waals surface area contributed by atoms with Crippen LogP contribution in [0.25, 0.3) is 0 Å². The summed E-state index contributed by atoms with van der Waals surface area (Å²) in [4.78, 5) is 56.3. The Kier molecular flexibility index (Phi) is 16.9. The van der Waals surface area contributed by atoms with Gasteiger partial charge < -0.3 is 49.1 Å². The number of amides is 1. The third-order valence-electron chi connectivity index (χ3n) is 5.54. The number of hydrogen-bond donors (Lipinski definition) is 4. The zero-order valence-electron chi connectivity index (χ0n) is 22.1. The van der Waals surface area contributed by atoms with Crippen molar-refractivity contribution >= 4 is 29.8 Å². The lowest BCUT2D eigenvalue weighted by molar-refractivity contribution is -0.145. The van der Waals surface area contributed by atoms with E-state index in [9.17, 15) is 24.0 Å². The van der Waals surface area contributed by atoms with Gasteiger partial charge in [-0.3, -0.25) is 24.0 Å². The summed E-state index contributed by atoms with van der Waals surface area (Å²) < 4.78 is 32.1. The van der Waals surface area contributed by atoms with Crippen molar-refractivity contribution in [2.45, 2.75) is 62.7 Å². The maximum absolute atomic E-state index is 12.8. The molecule has 1 amide bonds. The summed E-state index contributed by atoms with van der Waals surface area (Å²) in [6.07, 6.45) is 0.397. The fraction of sp³-hybridized carbons (Fsp3) is 0.792. The van der Waals surface area contributed by atoms with E-state index in [1.807, 2.05) is 0 Å². The summed E-state index contributed by atoms with van der Waals surface area (Å²) in [7, 11) is 1.31. The van der Waals surface area contributed by atoms with Crippen LogP contribution in [-0.2, 0) is 52.4 Å². The van der Waals surface area contributed by atoms with Crippen LogP contribution in [0.15, 0.2) is 0 Å². The molecule has 0 saturated heterocycles. The predicted molar refractivity (Wildman–Crippen MR) is 130 cm³/mol. The minimum absolute atomic E-state index is 0.0324. The molecule has 0 spiro atoms. The molecule has 0 unspecified atom stereocenters. The molecule has 1 aliphatic rings. The van der Waals surface area contributed by atoms with E-state index in [-0.39, 0.29) is 103 Å². The van der Waals surface area contributed by atoms with Gasteiger partial charge in [0.25, 0.3) is 0 Å². The fourth-order valence-corrected chi connectivity index (χ4v) is 3.39. The Morgan fingerprint density at radius 3 is 1.46 bits per heavy atom. The van der Waals surface area contributed by atoms with Crippen molar-refractivity contribution in [2.24, 2.45) is 0 Å². The fourth-order valence-electron chi connectivity index (χ4n) is 3.39. The standard InChI is InChI=1S/C24H39NO14/c1-34-23(33)6-11-39-18-12-17(13-18)38-10-2-19(26)25-24(14-35-7-3-20(27)28,15-36-8-4-21(29)30)16-37-9-5-22(31)32/h17-18H,2-16H2,1H3,(H,25,26)(H,27,28)(H,29,30)(H,31,32)/t17-,18-. The molecular formula is C24H39NO14. The van der Waals surface area contributed by atoms with Crippen molar-refractivity contribution in [2.75, 3.05) is 60.0 Å². The zero-order valence-corrected chi connectivity index (χ0v) is 22.1. The number of carbonyl (C=O) groups excluding carboxylic acids is 2. The molecule has 4 N–H and O–H groups in total. The van der Waals surface area contributed by atoms with E-state index in [4.69, 9.17) is 39.0 Å². The number of esters is 1. The van der Waals surface area contributed by atoms with Crippen molar-refractivity contribution in [3.63, 3.8) is 0 Å². The van der Waals surface area contributed by atoms with Crippen LogP contribution in [0.5, 0.6) is 0 Å². The highest BCUT2D eigenvalue weighted by molar-refractivity contribution is 5.77. The Morgan fingerprint density at radius 2 is 1.08 bits per heavy atom. The Bertz CT molecular complexity index is 728. The molecule has 0 aromatic rings. The van der Waals surface area contributed by atoms with Crippen molar-refractivity contribution in [3.8, 4) is 0 Å². The number of carboxylic acids is 3. The van der Waals surface area contributed by atoms with Gasteiger partial charge >= 0.3 is 23.9 Å². The van der Waals surface area contributed by atoms with Gasteiger partial charge in [-0.05, 0) is 12.8 Å². The molecule has 224 valence electrons. The molecule has 1 saturated carbocycles. The van der Waals surface area contributed by atoms with E-state index >= 15 is 0 Å². The summed E-state index contributed by atoms with van der Waals surface area (Å²) in [6, 6.07) is 0. The van der Waals surface area contributed by atoms with Crippen LogP contribution >= 0.6 is 0 Å². The van der Waals surface area contributed by atoms with Crippen LogP contribution < -0.4 is 5.32 Å². The second kappa shape index (κ2) is 19.2. The first-order chi connectivity index (χ1) is 18.5. The second-order valence-electron chi connectivity index (χ2n) is 8.95. The van der Waals surface area contributed by atoms with E-state index in [0.717, 1.165) is 0 Å². The number of carboxylic acid groups (broad SMARTS) is 3. The SMILES string of the molecule is COC(=O)CCO[C@H]1C[C@H](OCCC(=O)NC(COCCC(=O)O)(COCCC(=O)O)COCCC(=O)O)C1. The summed E-state index contributed by atoms with van der Waals surface area (Å²) in [6.45, 7) is -0.797. The third-order valence-corrected chi connectivity index (χ3v) is 5.54. The normalized spacial score (nSPS) is 16.7. The van der Waals surface area contributed by atoms with Crippen LogP contribution in [0, 0.1) is 0 Å². The first-order valence-electron chi connectivity index (χ1n) is 12.5. The minimum atomic E-state index is -1.33.